The zero-order chi connectivity index (χ0) is 21.1. The van der Waals surface area contributed by atoms with E-state index in [9.17, 15) is 14.0 Å². The Balaban J connectivity index is 1.57. The van der Waals surface area contributed by atoms with Crippen molar-refractivity contribution >= 4 is 28.9 Å². The topological polar surface area (TPSA) is 86.1 Å². The molecular weight excluding hydrogens is 395 g/mol. The molecule has 1 atom stereocenters. The van der Waals surface area contributed by atoms with Gasteiger partial charge in [0.2, 0.25) is 0 Å². The number of amides is 1. The van der Waals surface area contributed by atoms with E-state index in [4.69, 9.17) is 4.74 Å². The van der Waals surface area contributed by atoms with Crippen molar-refractivity contribution < 1.29 is 18.7 Å². The predicted octanol–water partition coefficient (Wildman–Crippen LogP) is 3.41. The summed E-state index contributed by atoms with van der Waals surface area (Å²) in [7, 11) is 1.79. The van der Waals surface area contributed by atoms with E-state index in [0.717, 1.165) is 11.3 Å². The Labute approximate surface area is 171 Å². The van der Waals surface area contributed by atoms with E-state index < -0.39 is 18.0 Å². The quantitative estimate of drug-likeness (QED) is 0.623. The zero-order valence-electron chi connectivity index (χ0n) is 16.5. The first kappa shape index (κ1) is 20.7. The predicted molar refractivity (Wildman–Crippen MR) is 108 cm³/mol. The van der Waals surface area contributed by atoms with E-state index >= 15 is 0 Å². The number of esters is 1. The van der Waals surface area contributed by atoms with Gasteiger partial charge in [0.25, 0.3) is 5.91 Å². The standard InChI is InChI=1S/C20H21FN4O3S/c1-11-18(12(2)25(4)24-11)23-19(27)13(3)28-17(26)9-16-10-29-20(22-16)14-5-7-15(21)8-6-14/h5-8,10,13H,9H2,1-4H3,(H,23,27)/t13-/m0/s1. The second-order valence-corrected chi connectivity index (χ2v) is 7.48. The van der Waals surface area contributed by atoms with Crippen molar-refractivity contribution in [3.8, 4) is 10.6 Å². The number of hydrogen-bond donors (Lipinski definition) is 1. The molecule has 3 aromatic rings. The number of aryl methyl sites for hydroxylation is 2. The van der Waals surface area contributed by atoms with Crippen LogP contribution in [0.25, 0.3) is 10.6 Å². The number of thiazole rings is 1. The molecule has 3 rings (SSSR count). The fourth-order valence-corrected chi connectivity index (χ4v) is 3.56. The van der Waals surface area contributed by atoms with Crippen LogP contribution < -0.4 is 5.32 Å². The molecule has 0 spiro atoms. The number of carbonyl (C=O) groups is 2. The minimum absolute atomic E-state index is 0.0553. The van der Waals surface area contributed by atoms with Gasteiger partial charge in [-0.1, -0.05) is 0 Å². The number of halogens is 1. The maximum Gasteiger partial charge on any atom is 0.312 e. The van der Waals surface area contributed by atoms with Gasteiger partial charge >= 0.3 is 5.97 Å². The van der Waals surface area contributed by atoms with Gasteiger partial charge in [0.15, 0.2) is 6.10 Å². The highest BCUT2D eigenvalue weighted by atomic mass is 32.1. The third kappa shape index (κ3) is 4.86. The van der Waals surface area contributed by atoms with Crippen LogP contribution in [0, 0.1) is 19.7 Å². The number of hydrogen-bond acceptors (Lipinski definition) is 6. The van der Waals surface area contributed by atoms with E-state index in [-0.39, 0.29) is 12.2 Å². The third-order valence-corrected chi connectivity index (χ3v) is 5.34. The number of carbonyl (C=O) groups excluding carboxylic acids is 2. The molecule has 0 aliphatic heterocycles. The van der Waals surface area contributed by atoms with Gasteiger partial charge < -0.3 is 10.1 Å². The molecule has 1 N–H and O–H groups in total. The van der Waals surface area contributed by atoms with Crippen molar-refractivity contribution in [1.29, 1.82) is 0 Å². The first-order valence-electron chi connectivity index (χ1n) is 8.95. The van der Waals surface area contributed by atoms with Crippen LogP contribution in [-0.4, -0.2) is 32.7 Å². The van der Waals surface area contributed by atoms with Crippen molar-refractivity contribution in [2.45, 2.75) is 33.3 Å². The van der Waals surface area contributed by atoms with Crippen LogP contribution in [0.3, 0.4) is 0 Å². The lowest BCUT2D eigenvalue weighted by atomic mass is 10.2. The largest absolute Gasteiger partial charge is 0.452 e. The molecule has 0 aliphatic rings. The SMILES string of the molecule is Cc1nn(C)c(C)c1NC(=O)[C@H](C)OC(=O)Cc1csc(-c2ccc(F)cc2)n1. The maximum atomic E-state index is 13.0. The summed E-state index contributed by atoms with van der Waals surface area (Å²) in [6, 6.07) is 5.98. The highest BCUT2D eigenvalue weighted by Gasteiger charge is 2.21. The monoisotopic (exact) mass is 416 g/mol. The maximum absolute atomic E-state index is 13.0. The Kier molecular flexibility index (Phi) is 6.07. The van der Waals surface area contributed by atoms with Crippen LogP contribution >= 0.6 is 11.3 Å². The van der Waals surface area contributed by atoms with Gasteiger partial charge in [-0.2, -0.15) is 5.10 Å². The van der Waals surface area contributed by atoms with Gasteiger partial charge in [0, 0.05) is 18.0 Å². The Morgan fingerprint density at radius 2 is 1.97 bits per heavy atom. The molecule has 0 saturated heterocycles. The second kappa shape index (κ2) is 8.52. The number of aromatic nitrogens is 3. The van der Waals surface area contributed by atoms with Crippen molar-refractivity contribution in [1.82, 2.24) is 14.8 Å². The second-order valence-electron chi connectivity index (χ2n) is 6.62. The first-order valence-corrected chi connectivity index (χ1v) is 9.83. The van der Waals surface area contributed by atoms with Crippen molar-refractivity contribution in [2.24, 2.45) is 7.05 Å². The summed E-state index contributed by atoms with van der Waals surface area (Å²) in [6.45, 7) is 5.15. The molecule has 1 amide bonds. The molecule has 2 heterocycles. The number of nitrogens with zero attached hydrogens (tertiary/aromatic N) is 3. The fourth-order valence-electron chi connectivity index (χ4n) is 2.73. The number of benzene rings is 1. The van der Waals surface area contributed by atoms with Crippen LogP contribution in [0.4, 0.5) is 10.1 Å². The molecule has 0 fully saturated rings. The zero-order valence-corrected chi connectivity index (χ0v) is 17.3. The van der Waals surface area contributed by atoms with E-state index in [1.54, 1.807) is 36.2 Å². The molecule has 0 radical (unpaired) electrons. The van der Waals surface area contributed by atoms with Gasteiger partial charge in [-0.05, 0) is 45.0 Å². The minimum Gasteiger partial charge on any atom is -0.452 e. The summed E-state index contributed by atoms with van der Waals surface area (Å²) in [5, 5.41) is 9.42. The number of ether oxygens (including phenoxy) is 1. The first-order chi connectivity index (χ1) is 13.7. The molecule has 0 aliphatic carbocycles. The van der Waals surface area contributed by atoms with Gasteiger partial charge in [0.1, 0.15) is 10.8 Å². The van der Waals surface area contributed by atoms with Crippen LogP contribution in [-0.2, 0) is 27.8 Å². The van der Waals surface area contributed by atoms with E-state index in [1.807, 2.05) is 6.92 Å². The summed E-state index contributed by atoms with van der Waals surface area (Å²) in [6.07, 6.45) is -1.02. The summed E-state index contributed by atoms with van der Waals surface area (Å²) in [5.74, 6) is -1.30. The molecule has 152 valence electrons. The fraction of sp³-hybridized carbons (Fsp3) is 0.300. The highest BCUT2D eigenvalue weighted by molar-refractivity contribution is 7.13. The molecule has 1 aromatic carbocycles. The molecule has 0 bridgehead atoms. The highest BCUT2D eigenvalue weighted by Crippen LogP contribution is 2.24. The lowest BCUT2D eigenvalue weighted by Gasteiger charge is -2.13. The van der Waals surface area contributed by atoms with Crippen molar-refractivity contribution in [3.05, 3.63) is 52.5 Å². The van der Waals surface area contributed by atoms with Crippen LogP contribution in [0.15, 0.2) is 29.6 Å². The number of anilines is 1. The molecule has 29 heavy (non-hydrogen) atoms. The summed E-state index contributed by atoms with van der Waals surface area (Å²) < 4.78 is 19.9. The Bertz CT molecular complexity index is 1040. The van der Waals surface area contributed by atoms with Crippen LogP contribution in [0.5, 0.6) is 0 Å². The molecule has 2 aromatic heterocycles. The number of rotatable bonds is 6. The van der Waals surface area contributed by atoms with E-state index in [1.165, 1.54) is 30.4 Å². The molecule has 0 unspecified atom stereocenters. The average molecular weight is 416 g/mol. The lowest BCUT2D eigenvalue weighted by Crippen LogP contribution is -2.30. The Morgan fingerprint density at radius 3 is 2.59 bits per heavy atom. The summed E-state index contributed by atoms with van der Waals surface area (Å²) in [5.41, 5.74) is 3.42. The van der Waals surface area contributed by atoms with Gasteiger partial charge in [-0.3, -0.25) is 14.3 Å². The third-order valence-electron chi connectivity index (χ3n) is 4.40. The van der Waals surface area contributed by atoms with Crippen molar-refractivity contribution in [3.63, 3.8) is 0 Å². The Hall–Kier alpha value is -3.07. The van der Waals surface area contributed by atoms with Gasteiger partial charge in [-0.15, -0.1) is 11.3 Å². The molecular formula is C20H21FN4O3S. The number of nitrogens with one attached hydrogen (secondary N) is 1. The average Bonchev–Trinajstić information content (AvgIpc) is 3.22. The summed E-state index contributed by atoms with van der Waals surface area (Å²) in [4.78, 5) is 28.9. The van der Waals surface area contributed by atoms with Gasteiger partial charge in [-0.25, -0.2) is 9.37 Å². The minimum atomic E-state index is -0.961. The Morgan fingerprint density at radius 1 is 1.28 bits per heavy atom. The lowest BCUT2D eigenvalue weighted by molar-refractivity contribution is -0.152. The summed E-state index contributed by atoms with van der Waals surface area (Å²) >= 11 is 1.35. The van der Waals surface area contributed by atoms with E-state index in [2.05, 4.69) is 15.4 Å². The van der Waals surface area contributed by atoms with Crippen molar-refractivity contribution in [2.75, 3.05) is 5.32 Å². The van der Waals surface area contributed by atoms with Crippen LogP contribution in [0.2, 0.25) is 0 Å². The smallest absolute Gasteiger partial charge is 0.312 e. The van der Waals surface area contributed by atoms with E-state index in [0.29, 0.717) is 22.1 Å². The van der Waals surface area contributed by atoms with Crippen LogP contribution in [0.1, 0.15) is 24.0 Å². The molecule has 0 saturated carbocycles. The molecule has 7 nitrogen and oxygen atoms in total. The van der Waals surface area contributed by atoms with Gasteiger partial charge in [0.05, 0.1) is 29.2 Å². The normalized spacial score (nSPS) is 11.9. The molecule has 9 heteroatoms.